The summed E-state index contributed by atoms with van der Waals surface area (Å²) in [5.74, 6) is -0.137. The van der Waals surface area contributed by atoms with Crippen LogP contribution in [0, 0.1) is 0 Å². The summed E-state index contributed by atoms with van der Waals surface area (Å²) in [6, 6.07) is 11.2. The first kappa shape index (κ1) is 21.6. The molecule has 2 aromatic rings. The number of hydrogen-bond acceptors (Lipinski definition) is 4. The second kappa shape index (κ2) is 9.61. The SMILES string of the molecule is CCOc1ccc(C(=O)Nc2ccc(Cl)cc2)cc1S(=O)(=O)N1CCCCCC1. The van der Waals surface area contributed by atoms with Crippen LogP contribution in [0.2, 0.25) is 5.02 Å². The highest BCUT2D eigenvalue weighted by Crippen LogP contribution is 2.30. The molecule has 156 valence electrons. The molecule has 0 aromatic heterocycles. The minimum absolute atomic E-state index is 0.0324. The molecule has 1 aliphatic rings. The van der Waals surface area contributed by atoms with Crippen molar-refractivity contribution in [3.8, 4) is 5.75 Å². The molecule has 8 heteroatoms. The first-order chi connectivity index (χ1) is 13.9. The van der Waals surface area contributed by atoms with E-state index in [4.69, 9.17) is 16.3 Å². The van der Waals surface area contributed by atoms with Crippen molar-refractivity contribution in [2.24, 2.45) is 0 Å². The predicted octanol–water partition coefficient (Wildman–Crippen LogP) is 4.56. The van der Waals surface area contributed by atoms with Gasteiger partial charge in [0, 0.05) is 29.4 Å². The van der Waals surface area contributed by atoms with E-state index in [1.807, 2.05) is 0 Å². The zero-order valence-electron chi connectivity index (χ0n) is 16.4. The van der Waals surface area contributed by atoms with Crippen molar-refractivity contribution in [1.29, 1.82) is 0 Å². The Morgan fingerprint density at radius 1 is 1.07 bits per heavy atom. The highest BCUT2D eigenvalue weighted by molar-refractivity contribution is 7.89. The normalized spacial score (nSPS) is 15.5. The Morgan fingerprint density at radius 2 is 1.72 bits per heavy atom. The minimum Gasteiger partial charge on any atom is -0.492 e. The molecule has 1 amide bonds. The number of carbonyl (C=O) groups excluding carboxylic acids is 1. The Morgan fingerprint density at radius 3 is 2.34 bits per heavy atom. The number of benzene rings is 2. The van der Waals surface area contributed by atoms with Gasteiger partial charge in [0.15, 0.2) is 0 Å². The summed E-state index contributed by atoms with van der Waals surface area (Å²) in [6.45, 7) is 3.09. The lowest BCUT2D eigenvalue weighted by molar-refractivity contribution is 0.102. The standard InChI is InChI=1S/C21H25ClN2O4S/c1-2-28-19-12-7-16(21(25)23-18-10-8-17(22)9-11-18)15-20(19)29(26,27)24-13-5-3-4-6-14-24/h7-12,15H,2-6,13-14H2,1H3,(H,23,25). The molecule has 0 aliphatic carbocycles. The van der Waals surface area contributed by atoms with E-state index in [1.54, 1.807) is 43.3 Å². The van der Waals surface area contributed by atoms with E-state index in [-0.39, 0.29) is 16.2 Å². The highest BCUT2D eigenvalue weighted by atomic mass is 35.5. The summed E-state index contributed by atoms with van der Waals surface area (Å²) < 4.78 is 33.7. The molecule has 0 atom stereocenters. The van der Waals surface area contributed by atoms with Gasteiger partial charge in [-0.1, -0.05) is 24.4 Å². The summed E-state index contributed by atoms with van der Waals surface area (Å²) in [5.41, 5.74) is 0.821. The van der Waals surface area contributed by atoms with Crippen molar-refractivity contribution in [1.82, 2.24) is 4.31 Å². The summed E-state index contributed by atoms with van der Waals surface area (Å²) >= 11 is 5.87. The van der Waals surface area contributed by atoms with Crippen molar-refractivity contribution in [2.75, 3.05) is 25.0 Å². The molecule has 6 nitrogen and oxygen atoms in total. The number of nitrogens with one attached hydrogen (secondary N) is 1. The van der Waals surface area contributed by atoms with Crippen LogP contribution in [-0.2, 0) is 10.0 Å². The predicted molar refractivity (Wildman–Crippen MR) is 114 cm³/mol. The second-order valence-electron chi connectivity index (χ2n) is 6.87. The molecule has 1 saturated heterocycles. The Hall–Kier alpha value is -2.09. The summed E-state index contributed by atoms with van der Waals surface area (Å²) in [7, 11) is -3.76. The Bertz CT molecular complexity index is 953. The molecule has 1 heterocycles. The minimum atomic E-state index is -3.76. The molecule has 0 unspecified atom stereocenters. The van der Waals surface area contributed by atoms with Gasteiger partial charge in [0.05, 0.1) is 6.61 Å². The Kier molecular flexibility index (Phi) is 7.16. The third kappa shape index (κ3) is 5.29. The Balaban J connectivity index is 1.92. The summed E-state index contributed by atoms with van der Waals surface area (Å²) in [6.07, 6.45) is 3.71. The van der Waals surface area contributed by atoms with Crippen LogP contribution in [0.4, 0.5) is 5.69 Å². The molecule has 1 aliphatic heterocycles. The van der Waals surface area contributed by atoms with E-state index in [9.17, 15) is 13.2 Å². The lowest BCUT2D eigenvalue weighted by Crippen LogP contribution is -2.32. The van der Waals surface area contributed by atoms with Crippen LogP contribution in [0.1, 0.15) is 43.0 Å². The number of rotatable bonds is 6. The number of amides is 1. The van der Waals surface area contributed by atoms with Gasteiger partial charge in [-0.15, -0.1) is 0 Å². The number of hydrogen-bond donors (Lipinski definition) is 1. The van der Waals surface area contributed by atoms with Crippen molar-refractivity contribution in [3.63, 3.8) is 0 Å². The lowest BCUT2D eigenvalue weighted by Gasteiger charge is -2.22. The van der Waals surface area contributed by atoms with Crippen molar-refractivity contribution in [2.45, 2.75) is 37.5 Å². The lowest BCUT2D eigenvalue weighted by atomic mass is 10.2. The third-order valence-electron chi connectivity index (χ3n) is 4.79. The van der Waals surface area contributed by atoms with Crippen LogP contribution < -0.4 is 10.1 Å². The van der Waals surface area contributed by atoms with Crippen molar-refractivity contribution >= 4 is 33.2 Å². The number of nitrogens with zero attached hydrogens (tertiary/aromatic N) is 1. The fraction of sp³-hybridized carbons (Fsp3) is 0.381. The van der Waals surface area contributed by atoms with Gasteiger partial charge in [0.2, 0.25) is 10.0 Å². The zero-order valence-corrected chi connectivity index (χ0v) is 17.9. The van der Waals surface area contributed by atoms with Crippen LogP contribution in [0.5, 0.6) is 5.75 Å². The first-order valence-electron chi connectivity index (χ1n) is 9.75. The number of carbonyl (C=O) groups is 1. The van der Waals surface area contributed by atoms with E-state index in [1.165, 1.54) is 10.4 Å². The maximum absolute atomic E-state index is 13.3. The third-order valence-corrected chi connectivity index (χ3v) is 6.96. The van der Waals surface area contributed by atoms with E-state index < -0.39 is 15.9 Å². The fourth-order valence-electron chi connectivity index (χ4n) is 3.28. The molecule has 0 saturated carbocycles. The van der Waals surface area contributed by atoms with Gasteiger partial charge in [-0.05, 0) is 62.2 Å². The molecule has 1 fully saturated rings. The van der Waals surface area contributed by atoms with Crippen molar-refractivity contribution in [3.05, 3.63) is 53.1 Å². The van der Waals surface area contributed by atoms with Crippen LogP contribution in [0.15, 0.2) is 47.4 Å². The van der Waals surface area contributed by atoms with Gasteiger partial charge >= 0.3 is 0 Å². The second-order valence-corrected chi connectivity index (χ2v) is 9.22. The van der Waals surface area contributed by atoms with Crippen LogP contribution in [-0.4, -0.2) is 38.3 Å². The van der Waals surface area contributed by atoms with Gasteiger partial charge in [-0.2, -0.15) is 4.31 Å². The van der Waals surface area contributed by atoms with E-state index >= 15 is 0 Å². The van der Waals surface area contributed by atoms with Crippen LogP contribution in [0.3, 0.4) is 0 Å². The van der Waals surface area contributed by atoms with Gasteiger partial charge in [-0.25, -0.2) is 8.42 Å². The molecule has 3 rings (SSSR count). The van der Waals surface area contributed by atoms with E-state index in [2.05, 4.69) is 5.32 Å². The monoisotopic (exact) mass is 436 g/mol. The van der Waals surface area contributed by atoms with E-state index in [0.717, 1.165) is 25.7 Å². The topological polar surface area (TPSA) is 75.7 Å². The molecule has 1 N–H and O–H groups in total. The van der Waals surface area contributed by atoms with E-state index in [0.29, 0.717) is 30.4 Å². The summed E-state index contributed by atoms with van der Waals surface area (Å²) in [4.78, 5) is 12.7. The summed E-state index contributed by atoms with van der Waals surface area (Å²) in [5, 5.41) is 3.32. The molecule has 0 bridgehead atoms. The molecular weight excluding hydrogens is 412 g/mol. The average Bonchev–Trinajstić information content (AvgIpc) is 3.00. The smallest absolute Gasteiger partial charge is 0.255 e. The molecular formula is C21H25ClN2O4S. The van der Waals surface area contributed by atoms with Gasteiger partial charge in [0.25, 0.3) is 5.91 Å². The van der Waals surface area contributed by atoms with Gasteiger partial charge in [-0.3, -0.25) is 4.79 Å². The first-order valence-corrected chi connectivity index (χ1v) is 11.6. The molecule has 0 radical (unpaired) electrons. The largest absolute Gasteiger partial charge is 0.492 e. The van der Waals surface area contributed by atoms with Crippen LogP contribution in [0.25, 0.3) is 0 Å². The molecule has 29 heavy (non-hydrogen) atoms. The van der Waals surface area contributed by atoms with Crippen molar-refractivity contribution < 1.29 is 17.9 Å². The average molecular weight is 437 g/mol. The Labute approximate surface area is 176 Å². The number of ether oxygens (including phenoxy) is 1. The quantitative estimate of drug-likeness (QED) is 0.720. The maximum atomic E-state index is 13.3. The fourth-order valence-corrected chi connectivity index (χ4v) is 5.08. The molecule has 0 spiro atoms. The highest BCUT2D eigenvalue weighted by Gasteiger charge is 2.29. The van der Waals surface area contributed by atoms with Gasteiger partial charge in [0.1, 0.15) is 10.6 Å². The number of anilines is 1. The zero-order chi connectivity index (χ0) is 20.9. The number of sulfonamides is 1. The maximum Gasteiger partial charge on any atom is 0.255 e. The van der Waals surface area contributed by atoms with Crippen LogP contribution >= 0.6 is 11.6 Å². The molecule has 2 aromatic carbocycles. The number of halogens is 1. The van der Waals surface area contributed by atoms with Gasteiger partial charge < -0.3 is 10.1 Å².